The first-order chi connectivity index (χ1) is 7.46. The van der Waals surface area contributed by atoms with Gasteiger partial charge >= 0.3 is 0 Å². The molecular formula is C9H11B3ClN3. The number of aromatic nitrogens is 2. The van der Waals surface area contributed by atoms with Crippen molar-refractivity contribution in [3.05, 3.63) is 29.7 Å². The second-order valence-corrected chi connectivity index (χ2v) is 5.15. The minimum Gasteiger partial charge on any atom is -0.387 e. The van der Waals surface area contributed by atoms with Gasteiger partial charge < -0.3 is 5.32 Å². The first kappa shape index (κ1) is 11.3. The quantitative estimate of drug-likeness (QED) is 0.541. The molecule has 0 saturated carbocycles. The molecular weight excluding hydrogens is 218 g/mol. The van der Waals surface area contributed by atoms with E-state index in [-0.39, 0.29) is 5.24 Å². The Kier molecular flexibility index (Phi) is 2.85. The van der Waals surface area contributed by atoms with E-state index < -0.39 is 0 Å². The standard InChI is InChI=1S/C9H11B3ClN3/c10-9(11,12)16-8-6-4-15-7(13)3-5(6)1-2-14-8/h1-4H,10-12H2,(H,14,16). The lowest BCUT2D eigenvalue weighted by molar-refractivity contribution is 1.19. The van der Waals surface area contributed by atoms with Crippen LogP contribution in [-0.2, 0) is 0 Å². The van der Waals surface area contributed by atoms with Crippen LogP contribution in [0.25, 0.3) is 10.8 Å². The normalized spacial score (nSPS) is 11.6. The maximum absolute atomic E-state index is 5.85. The Morgan fingerprint density at radius 2 is 2.00 bits per heavy atom. The topological polar surface area (TPSA) is 37.8 Å². The predicted octanol–water partition coefficient (Wildman–Crippen LogP) is -0.794. The second kappa shape index (κ2) is 4.02. The summed E-state index contributed by atoms with van der Waals surface area (Å²) < 4.78 is 0. The number of hydrogen-bond donors (Lipinski definition) is 1. The predicted molar refractivity (Wildman–Crippen MR) is 76.5 cm³/mol. The van der Waals surface area contributed by atoms with Gasteiger partial charge in [-0.15, -0.1) is 0 Å². The fourth-order valence-electron chi connectivity index (χ4n) is 1.50. The SMILES string of the molecule is BC(B)(B)Nc1nccc2cc(Cl)ncc12. The Bertz CT molecular complexity index is 527. The third kappa shape index (κ3) is 2.50. The number of fused-ring (bicyclic) bond motifs is 1. The van der Waals surface area contributed by atoms with E-state index in [4.69, 9.17) is 11.6 Å². The van der Waals surface area contributed by atoms with Crippen LogP contribution in [0.15, 0.2) is 24.5 Å². The molecule has 0 atom stereocenters. The van der Waals surface area contributed by atoms with Crippen LogP contribution in [0.2, 0.25) is 5.15 Å². The highest BCUT2D eigenvalue weighted by Crippen LogP contribution is 2.23. The molecule has 0 aromatic carbocycles. The van der Waals surface area contributed by atoms with Crippen LogP contribution in [0.4, 0.5) is 5.82 Å². The smallest absolute Gasteiger partial charge is 0.133 e. The highest BCUT2D eigenvalue weighted by Gasteiger charge is 2.13. The molecule has 7 heteroatoms. The Labute approximate surface area is 102 Å². The van der Waals surface area contributed by atoms with Crippen LogP contribution >= 0.6 is 11.6 Å². The number of nitrogens with one attached hydrogen (secondary N) is 1. The summed E-state index contributed by atoms with van der Waals surface area (Å²) in [6.45, 7) is 0. The van der Waals surface area contributed by atoms with Crippen molar-refractivity contribution in [3.63, 3.8) is 0 Å². The van der Waals surface area contributed by atoms with Crippen LogP contribution in [0.3, 0.4) is 0 Å². The minimum atomic E-state index is -0.0269. The highest BCUT2D eigenvalue weighted by atomic mass is 35.5. The van der Waals surface area contributed by atoms with Crippen molar-refractivity contribution >= 4 is 51.7 Å². The van der Waals surface area contributed by atoms with Crippen LogP contribution < -0.4 is 5.32 Å². The highest BCUT2D eigenvalue weighted by molar-refractivity contribution is 6.60. The van der Waals surface area contributed by atoms with Gasteiger partial charge in [-0.2, -0.15) is 0 Å². The summed E-state index contributed by atoms with van der Waals surface area (Å²) in [6, 6.07) is 3.77. The summed E-state index contributed by atoms with van der Waals surface area (Å²) in [7, 11) is 6.28. The average Bonchev–Trinajstić information content (AvgIpc) is 2.15. The Morgan fingerprint density at radius 3 is 2.69 bits per heavy atom. The van der Waals surface area contributed by atoms with Crippen LogP contribution in [0.5, 0.6) is 0 Å². The van der Waals surface area contributed by atoms with Gasteiger partial charge in [-0.3, -0.25) is 0 Å². The van der Waals surface area contributed by atoms with E-state index in [1.807, 2.05) is 12.1 Å². The zero-order valence-corrected chi connectivity index (χ0v) is 10.3. The van der Waals surface area contributed by atoms with Gasteiger partial charge in [0.15, 0.2) is 0 Å². The summed E-state index contributed by atoms with van der Waals surface area (Å²) in [6.07, 6.45) is 3.52. The second-order valence-electron chi connectivity index (χ2n) is 4.76. The number of halogens is 1. The average molecular weight is 229 g/mol. The molecule has 0 amide bonds. The van der Waals surface area contributed by atoms with E-state index >= 15 is 0 Å². The van der Waals surface area contributed by atoms with Gasteiger partial charge in [0.2, 0.25) is 0 Å². The van der Waals surface area contributed by atoms with E-state index in [0.717, 1.165) is 16.6 Å². The molecule has 0 saturated heterocycles. The number of hydrogen-bond acceptors (Lipinski definition) is 3. The maximum Gasteiger partial charge on any atom is 0.133 e. The largest absolute Gasteiger partial charge is 0.387 e. The monoisotopic (exact) mass is 229 g/mol. The summed E-state index contributed by atoms with van der Waals surface area (Å²) in [4.78, 5) is 8.41. The van der Waals surface area contributed by atoms with Crippen molar-refractivity contribution in [1.29, 1.82) is 0 Å². The molecule has 0 bridgehead atoms. The lowest BCUT2D eigenvalue weighted by Gasteiger charge is -2.22. The molecule has 78 valence electrons. The van der Waals surface area contributed by atoms with Gasteiger partial charge in [-0.05, 0) is 22.8 Å². The van der Waals surface area contributed by atoms with Crippen LogP contribution in [0.1, 0.15) is 0 Å². The molecule has 0 unspecified atom stereocenters. The lowest BCUT2D eigenvalue weighted by Crippen LogP contribution is -2.40. The third-order valence-corrected chi connectivity index (χ3v) is 2.32. The van der Waals surface area contributed by atoms with Crippen molar-refractivity contribution in [2.45, 2.75) is 5.24 Å². The lowest BCUT2D eigenvalue weighted by atomic mass is 9.49. The van der Waals surface area contributed by atoms with Crippen molar-refractivity contribution in [2.24, 2.45) is 0 Å². The first-order valence-corrected chi connectivity index (χ1v) is 5.52. The molecule has 2 aromatic rings. The molecule has 0 radical (unpaired) electrons. The van der Waals surface area contributed by atoms with Gasteiger partial charge in [0.25, 0.3) is 0 Å². The van der Waals surface area contributed by atoms with E-state index in [9.17, 15) is 0 Å². The zero-order valence-electron chi connectivity index (χ0n) is 9.58. The molecule has 2 heterocycles. The van der Waals surface area contributed by atoms with Crippen LogP contribution in [0, 0.1) is 0 Å². The Balaban J connectivity index is 2.54. The number of anilines is 1. The van der Waals surface area contributed by atoms with E-state index in [2.05, 4.69) is 38.8 Å². The Hall–Kier alpha value is -1.16. The molecule has 0 fully saturated rings. The Morgan fingerprint density at radius 1 is 1.25 bits per heavy atom. The van der Waals surface area contributed by atoms with Gasteiger partial charge in [-0.25, -0.2) is 9.97 Å². The fourth-order valence-corrected chi connectivity index (χ4v) is 1.66. The first-order valence-electron chi connectivity index (χ1n) is 5.14. The number of rotatable bonds is 2. The molecule has 0 spiro atoms. The number of pyridine rings is 2. The molecule has 16 heavy (non-hydrogen) atoms. The molecule has 0 aliphatic carbocycles. The third-order valence-electron chi connectivity index (χ3n) is 2.11. The van der Waals surface area contributed by atoms with Gasteiger partial charge in [0.1, 0.15) is 34.5 Å². The van der Waals surface area contributed by atoms with Gasteiger partial charge in [0, 0.05) is 17.8 Å². The summed E-state index contributed by atoms with van der Waals surface area (Å²) in [5, 5.41) is 5.85. The number of nitrogens with zero attached hydrogens (tertiary/aromatic N) is 2. The molecule has 3 nitrogen and oxygen atoms in total. The minimum absolute atomic E-state index is 0.0269. The maximum atomic E-state index is 5.85. The van der Waals surface area contributed by atoms with E-state index in [1.54, 1.807) is 12.4 Å². The molecule has 0 aliphatic heterocycles. The van der Waals surface area contributed by atoms with Gasteiger partial charge in [-0.1, -0.05) is 11.6 Å². The summed E-state index contributed by atoms with van der Waals surface area (Å²) >= 11 is 5.85. The van der Waals surface area contributed by atoms with Gasteiger partial charge in [0.05, 0.1) is 0 Å². The van der Waals surface area contributed by atoms with Crippen molar-refractivity contribution < 1.29 is 0 Å². The molecule has 0 aliphatic rings. The zero-order chi connectivity index (χ0) is 11.8. The van der Waals surface area contributed by atoms with Crippen molar-refractivity contribution in [3.8, 4) is 0 Å². The van der Waals surface area contributed by atoms with Crippen LogP contribution in [-0.4, -0.2) is 38.7 Å². The van der Waals surface area contributed by atoms with Crippen molar-refractivity contribution in [2.75, 3.05) is 5.32 Å². The van der Waals surface area contributed by atoms with E-state index in [0.29, 0.717) is 5.15 Å². The van der Waals surface area contributed by atoms with Crippen molar-refractivity contribution in [1.82, 2.24) is 9.97 Å². The molecule has 2 aromatic heterocycles. The molecule has 2 rings (SSSR count). The fraction of sp³-hybridized carbons (Fsp3) is 0.111. The summed E-state index contributed by atoms with van der Waals surface area (Å²) in [5.41, 5.74) is 0. The molecule has 1 N–H and O–H groups in total. The van der Waals surface area contributed by atoms with E-state index in [1.165, 1.54) is 0 Å². The summed E-state index contributed by atoms with van der Waals surface area (Å²) in [5.74, 6) is 0.842.